The van der Waals surface area contributed by atoms with Gasteiger partial charge in [0, 0.05) is 31.7 Å². The molecular weight excluding hydrogens is 416 g/mol. The van der Waals surface area contributed by atoms with E-state index in [0.29, 0.717) is 11.5 Å². The first-order chi connectivity index (χ1) is 15.4. The third-order valence-electron chi connectivity index (χ3n) is 5.04. The van der Waals surface area contributed by atoms with E-state index < -0.39 is 23.4 Å². The summed E-state index contributed by atoms with van der Waals surface area (Å²) in [6.07, 6.45) is 1.88. The zero-order chi connectivity index (χ0) is 22.7. The average molecular weight is 438 g/mol. The van der Waals surface area contributed by atoms with Gasteiger partial charge in [-0.25, -0.2) is 4.79 Å². The summed E-state index contributed by atoms with van der Waals surface area (Å²) in [6.45, 7) is 2.88. The van der Waals surface area contributed by atoms with Gasteiger partial charge in [0.05, 0.1) is 12.1 Å². The first-order valence-corrected chi connectivity index (χ1v) is 10.0. The summed E-state index contributed by atoms with van der Waals surface area (Å²) in [5, 5.41) is 9.55. The Morgan fingerprint density at radius 2 is 1.62 bits per heavy atom. The number of barbiturate groups is 1. The summed E-state index contributed by atoms with van der Waals surface area (Å²) >= 11 is 0. The third-order valence-corrected chi connectivity index (χ3v) is 5.04. The van der Waals surface area contributed by atoms with Crippen LogP contribution in [0.3, 0.4) is 0 Å². The Hall–Kier alpha value is -3.92. The van der Waals surface area contributed by atoms with Gasteiger partial charge in [-0.3, -0.25) is 24.9 Å². The number of nitrogens with zero attached hydrogens (tertiary/aromatic N) is 2. The van der Waals surface area contributed by atoms with Gasteiger partial charge in [0.2, 0.25) is 0 Å². The summed E-state index contributed by atoms with van der Waals surface area (Å²) in [5.74, 6) is -0.247. The van der Waals surface area contributed by atoms with E-state index in [1.807, 2.05) is 36.0 Å². The Kier molecular flexibility index (Phi) is 5.78. The second-order valence-electron chi connectivity index (χ2n) is 7.19. The Bertz CT molecular complexity index is 1150. The molecule has 1 aromatic heterocycles. The van der Waals surface area contributed by atoms with Gasteiger partial charge in [-0.2, -0.15) is 5.10 Å². The number of imide groups is 2. The van der Waals surface area contributed by atoms with Crippen LogP contribution in [0.4, 0.5) is 4.79 Å². The molecule has 10 nitrogen and oxygen atoms in total. The van der Waals surface area contributed by atoms with Crippen molar-refractivity contribution in [1.29, 1.82) is 0 Å². The molecule has 0 bridgehead atoms. The molecule has 4 rings (SSSR count). The molecule has 10 heteroatoms. The number of aryl methyl sites for hydroxylation is 1. The van der Waals surface area contributed by atoms with E-state index in [9.17, 15) is 14.4 Å². The van der Waals surface area contributed by atoms with E-state index in [2.05, 4.69) is 15.7 Å². The molecule has 1 saturated heterocycles. The maximum atomic E-state index is 12.5. The zero-order valence-electron chi connectivity index (χ0n) is 17.6. The Morgan fingerprint density at radius 1 is 0.969 bits per heavy atom. The van der Waals surface area contributed by atoms with Crippen LogP contribution in [-0.2, 0) is 20.9 Å². The van der Waals surface area contributed by atoms with Gasteiger partial charge in [0.1, 0.15) is 17.2 Å². The van der Waals surface area contributed by atoms with Crippen molar-refractivity contribution in [3.63, 3.8) is 0 Å². The number of benzene rings is 2. The molecule has 2 N–H and O–H groups in total. The lowest BCUT2D eigenvalue weighted by molar-refractivity contribution is -0.153. The topological polar surface area (TPSA) is 121 Å². The predicted octanol–water partition coefficient (Wildman–Crippen LogP) is 2.37. The maximum Gasteiger partial charge on any atom is 0.328 e. The number of hydrogen-bond donors (Lipinski definition) is 2. The highest BCUT2D eigenvalue weighted by Crippen LogP contribution is 2.29. The number of amides is 4. The number of nitrogens with one attached hydrogen (secondary N) is 2. The number of carbonyl (C=O) groups is 3. The van der Waals surface area contributed by atoms with Crippen molar-refractivity contribution in [1.82, 2.24) is 20.4 Å². The lowest BCUT2D eigenvalue weighted by Gasteiger charge is -2.34. The average Bonchev–Trinajstić information content (AvgIpc) is 3.19. The molecule has 2 aromatic carbocycles. The van der Waals surface area contributed by atoms with Crippen LogP contribution in [-0.4, -0.2) is 46.9 Å². The van der Waals surface area contributed by atoms with E-state index in [-0.39, 0.29) is 18.8 Å². The second-order valence-corrected chi connectivity index (χ2v) is 7.19. The van der Waals surface area contributed by atoms with Crippen molar-refractivity contribution in [2.24, 2.45) is 0 Å². The summed E-state index contributed by atoms with van der Waals surface area (Å²) in [6, 6.07) is 11.2. The molecule has 1 fully saturated rings. The minimum absolute atomic E-state index is 0.0713. The summed E-state index contributed by atoms with van der Waals surface area (Å²) in [5.41, 5.74) is -1.04. The Labute approximate surface area is 183 Å². The Morgan fingerprint density at radius 3 is 2.28 bits per heavy atom. The highest BCUT2D eigenvalue weighted by Gasteiger charge is 2.52. The lowest BCUT2D eigenvalue weighted by atomic mass is 9.95. The van der Waals surface area contributed by atoms with Crippen LogP contribution in [0.2, 0.25) is 0 Å². The van der Waals surface area contributed by atoms with Crippen LogP contribution in [0.15, 0.2) is 48.7 Å². The number of ether oxygens (including phenoxy) is 3. The molecule has 0 unspecified atom stereocenters. The van der Waals surface area contributed by atoms with Gasteiger partial charge >= 0.3 is 6.03 Å². The fraction of sp³-hybridized carbons (Fsp3) is 0.273. The second kappa shape index (κ2) is 8.67. The van der Waals surface area contributed by atoms with Crippen LogP contribution < -0.4 is 20.1 Å². The standard InChI is InChI=1S/C22H22N4O6/c1-3-26-13-14-12-17(8-9-18(14)25-26)31-15-4-6-16(7-5-15)32-22(10-11-30-2)19(27)23-21(29)24-20(22)28/h4-9,12-13H,3,10-11H2,1-2H3,(H2,23,24,27,28,29). The number of carbonyl (C=O) groups excluding carboxylic acids is 3. The zero-order valence-corrected chi connectivity index (χ0v) is 17.6. The van der Waals surface area contributed by atoms with Gasteiger partial charge in [-0.1, -0.05) is 0 Å². The van der Waals surface area contributed by atoms with Gasteiger partial charge in [-0.15, -0.1) is 0 Å². The number of methoxy groups -OCH3 is 1. The van der Waals surface area contributed by atoms with Crippen molar-refractivity contribution in [2.75, 3.05) is 13.7 Å². The van der Waals surface area contributed by atoms with Crippen molar-refractivity contribution >= 4 is 28.7 Å². The SMILES string of the molecule is CCn1cc2cc(Oc3ccc(OC4(CCOC)C(=O)NC(=O)NC4=O)cc3)ccc2n1. The summed E-state index contributed by atoms with van der Waals surface area (Å²) in [4.78, 5) is 36.4. The number of fused-ring (bicyclic) bond motifs is 1. The number of urea groups is 1. The summed E-state index contributed by atoms with van der Waals surface area (Å²) in [7, 11) is 1.44. The third kappa shape index (κ3) is 4.12. The smallest absolute Gasteiger partial charge is 0.328 e. The lowest BCUT2D eigenvalue weighted by Crippen LogP contribution is -2.69. The molecule has 1 aliphatic heterocycles. The van der Waals surface area contributed by atoms with E-state index in [1.165, 1.54) is 7.11 Å². The van der Waals surface area contributed by atoms with Gasteiger partial charge in [0.25, 0.3) is 17.4 Å². The van der Waals surface area contributed by atoms with Gasteiger partial charge < -0.3 is 14.2 Å². The van der Waals surface area contributed by atoms with Crippen molar-refractivity contribution in [3.8, 4) is 17.2 Å². The van der Waals surface area contributed by atoms with Crippen LogP contribution in [0.25, 0.3) is 10.9 Å². The highest BCUT2D eigenvalue weighted by atomic mass is 16.5. The maximum absolute atomic E-state index is 12.5. The molecule has 0 radical (unpaired) electrons. The number of hydrogen-bond acceptors (Lipinski definition) is 7. The first-order valence-electron chi connectivity index (χ1n) is 10.0. The van der Waals surface area contributed by atoms with Gasteiger partial charge in [0.15, 0.2) is 0 Å². The molecule has 32 heavy (non-hydrogen) atoms. The molecule has 166 valence electrons. The van der Waals surface area contributed by atoms with E-state index in [1.54, 1.807) is 24.3 Å². The van der Waals surface area contributed by atoms with Crippen molar-refractivity contribution in [2.45, 2.75) is 25.5 Å². The van der Waals surface area contributed by atoms with E-state index in [0.717, 1.165) is 17.4 Å². The largest absolute Gasteiger partial charge is 0.467 e. The van der Waals surface area contributed by atoms with Gasteiger partial charge in [-0.05, 0) is 49.4 Å². The minimum atomic E-state index is -1.92. The van der Waals surface area contributed by atoms with E-state index in [4.69, 9.17) is 14.2 Å². The molecule has 2 heterocycles. The molecule has 3 aromatic rings. The molecular formula is C22H22N4O6. The fourth-order valence-electron chi connectivity index (χ4n) is 3.35. The van der Waals surface area contributed by atoms with Crippen LogP contribution in [0, 0.1) is 0 Å². The normalized spacial score (nSPS) is 15.4. The summed E-state index contributed by atoms with van der Waals surface area (Å²) < 4.78 is 18.5. The quantitative estimate of drug-likeness (QED) is 0.518. The van der Waals surface area contributed by atoms with Crippen LogP contribution in [0.5, 0.6) is 17.2 Å². The minimum Gasteiger partial charge on any atom is -0.467 e. The number of aromatic nitrogens is 2. The van der Waals surface area contributed by atoms with Crippen molar-refractivity contribution in [3.05, 3.63) is 48.7 Å². The molecule has 1 aliphatic rings. The first kappa shape index (κ1) is 21.3. The Balaban J connectivity index is 1.51. The molecule has 0 spiro atoms. The molecule has 4 amide bonds. The predicted molar refractivity (Wildman–Crippen MR) is 113 cm³/mol. The van der Waals surface area contributed by atoms with Crippen LogP contribution in [0.1, 0.15) is 13.3 Å². The molecule has 0 atom stereocenters. The number of rotatable bonds is 8. The monoisotopic (exact) mass is 438 g/mol. The fourth-order valence-corrected chi connectivity index (χ4v) is 3.35. The van der Waals surface area contributed by atoms with E-state index >= 15 is 0 Å². The highest BCUT2D eigenvalue weighted by molar-refractivity contribution is 6.21. The van der Waals surface area contributed by atoms with Crippen LogP contribution >= 0.6 is 0 Å². The molecule has 0 saturated carbocycles. The molecule has 0 aliphatic carbocycles. The van der Waals surface area contributed by atoms with Crippen molar-refractivity contribution < 1.29 is 28.6 Å².